The molecule has 0 atom stereocenters. The summed E-state index contributed by atoms with van der Waals surface area (Å²) in [6.07, 6.45) is 0. The molecule has 0 bridgehead atoms. The minimum absolute atomic E-state index is 0.0186. The van der Waals surface area contributed by atoms with Crippen LogP contribution >= 0.6 is 0 Å². The average molecular weight is 495 g/mol. The van der Waals surface area contributed by atoms with Crippen LogP contribution in [0.5, 0.6) is 11.5 Å². The van der Waals surface area contributed by atoms with Crippen LogP contribution in [0.25, 0.3) is 10.8 Å². The zero-order valence-corrected chi connectivity index (χ0v) is 20.6. The zero-order valence-electron chi connectivity index (χ0n) is 20.6. The number of ether oxygens (including phenoxy) is 2. The second-order valence-electron chi connectivity index (χ2n) is 8.56. The van der Waals surface area contributed by atoms with Crippen LogP contribution in [0.1, 0.15) is 38.0 Å². The van der Waals surface area contributed by atoms with Crippen LogP contribution in [0.4, 0.5) is 5.69 Å². The number of rotatable bonds is 8. The van der Waals surface area contributed by atoms with Crippen molar-refractivity contribution in [2.45, 2.75) is 6.92 Å². The molecular formula is C30H26N2O5. The van der Waals surface area contributed by atoms with Crippen molar-refractivity contribution in [2.75, 3.05) is 31.7 Å². The monoisotopic (exact) mass is 494 g/mol. The summed E-state index contributed by atoms with van der Waals surface area (Å²) in [6, 6.07) is 24.9. The summed E-state index contributed by atoms with van der Waals surface area (Å²) >= 11 is 0. The first kappa shape index (κ1) is 24.1. The Morgan fingerprint density at radius 3 is 2.11 bits per heavy atom. The number of benzene rings is 4. The molecule has 4 aromatic rings. The van der Waals surface area contributed by atoms with Gasteiger partial charge in [-0.2, -0.15) is 0 Å². The predicted octanol–water partition coefficient (Wildman–Crippen LogP) is 5.19. The van der Waals surface area contributed by atoms with Gasteiger partial charge in [0.05, 0.1) is 19.4 Å². The highest BCUT2D eigenvalue weighted by Crippen LogP contribution is 2.32. The maximum absolute atomic E-state index is 13.7. The van der Waals surface area contributed by atoms with Gasteiger partial charge in [-0.15, -0.1) is 0 Å². The highest BCUT2D eigenvalue weighted by Gasteiger charge is 2.33. The van der Waals surface area contributed by atoms with Gasteiger partial charge in [0, 0.05) is 35.2 Å². The van der Waals surface area contributed by atoms with E-state index < -0.39 is 0 Å². The minimum Gasteiger partial charge on any atom is -0.497 e. The summed E-state index contributed by atoms with van der Waals surface area (Å²) in [6.45, 7) is 2.40. The fraction of sp³-hybridized carbons (Fsp3) is 0.167. The molecule has 0 radical (unpaired) electrons. The summed E-state index contributed by atoms with van der Waals surface area (Å²) < 4.78 is 11.0. The van der Waals surface area contributed by atoms with Crippen LogP contribution in [0.2, 0.25) is 0 Å². The average Bonchev–Trinajstić information content (AvgIpc) is 2.94. The number of carbonyl (C=O) groups excluding carboxylic acids is 3. The Morgan fingerprint density at radius 1 is 0.838 bits per heavy atom. The standard InChI is InChI=1S/C30H26N2O5/c1-3-37-26-13-5-4-12-25(26)31(28(33)21-14-16-22(36-2)17-15-21)18-19-32-29(34)23-10-6-8-20-9-7-11-24(27(20)23)30(32)35/h4-17H,3,18-19H2,1-2H3. The molecule has 1 aliphatic rings. The molecule has 1 heterocycles. The number of carbonyl (C=O) groups is 3. The van der Waals surface area contributed by atoms with Gasteiger partial charge in [0.15, 0.2) is 0 Å². The van der Waals surface area contributed by atoms with E-state index >= 15 is 0 Å². The van der Waals surface area contributed by atoms with Crippen molar-refractivity contribution in [3.63, 3.8) is 0 Å². The molecule has 7 nitrogen and oxygen atoms in total. The lowest BCUT2D eigenvalue weighted by Crippen LogP contribution is -2.46. The van der Waals surface area contributed by atoms with Crippen molar-refractivity contribution >= 4 is 34.2 Å². The molecule has 0 N–H and O–H groups in total. The van der Waals surface area contributed by atoms with Gasteiger partial charge in [-0.1, -0.05) is 36.4 Å². The van der Waals surface area contributed by atoms with Gasteiger partial charge in [0.25, 0.3) is 17.7 Å². The molecule has 5 rings (SSSR count). The molecule has 186 valence electrons. The van der Waals surface area contributed by atoms with E-state index in [4.69, 9.17) is 9.47 Å². The zero-order chi connectivity index (χ0) is 25.9. The Balaban J connectivity index is 1.49. The third-order valence-corrected chi connectivity index (χ3v) is 6.44. The van der Waals surface area contributed by atoms with Crippen LogP contribution in [0.15, 0.2) is 84.9 Å². The Kier molecular flexibility index (Phi) is 6.60. The van der Waals surface area contributed by atoms with Crippen LogP contribution < -0.4 is 14.4 Å². The summed E-state index contributed by atoms with van der Waals surface area (Å²) in [5, 5.41) is 1.52. The number of methoxy groups -OCH3 is 1. The van der Waals surface area contributed by atoms with E-state index in [-0.39, 0.29) is 30.8 Å². The number of anilines is 1. The van der Waals surface area contributed by atoms with Crippen molar-refractivity contribution in [3.05, 3.63) is 102 Å². The van der Waals surface area contributed by atoms with E-state index in [0.717, 1.165) is 5.39 Å². The molecule has 1 aliphatic heterocycles. The van der Waals surface area contributed by atoms with E-state index in [0.29, 0.717) is 45.9 Å². The van der Waals surface area contributed by atoms with E-state index in [1.54, 1.807) is 60.5 Å². The predicted molar refractivity (Wildman–Crippen MR) is 142 cm³/mol. The fourth-order valence-corrected chi connectivity index (χ4v) is 4.66. The number of hydrogen-bond acceptors (Lipinski definition) is 5. The molecule has 3 amide bonds. The Bertz CT molecular complexity index is 1450. The molecule has 0 saturated heterocycles. The quantitative estimate of drug-likeness (QED) is 0.315. The van der Waals surface area contributed by atoms with Crippen LogP contribution in [0.3, 0.4) is 0 Å². The van der Waals surface area contributed by atoms with Crippen molar-refractivity contribution in [1.29, 1.82) is 0 Å². The molecule has 0 aromatic heterocycles. The van der Waals surface area contributed by atoms with E-state index in [1.165, 1.54) is 4.90 Å². The lowest BCUT2D eigenvalue weighted by Gasteiger charge is -2.31. The lowest BCUT2D eigenvalue weighted by atomic mass is 9.94. The van der Waals surface area contributed by atoms with Gasteiger partial charge in [-0.05, 0) is 60.8 Å². The second-order valence-corrected chi connectivity index (χ2v) is 8.56. The summed E-state index contributed by atoms with van der Waals surface area (Å²) in [5.41, 5.74) is 1.97. The number of hydrogen-bond donors (Lipinski definition) is 0. The number of amides is 3. The number of nitrogens with zero attached hydrogens (tertiary/aromatic N) is 2. The van der Waals surface area contributed by atoms with Gasteiger partial charge in [-0.3, -0.25) is 19.3 Å². The summed E-state index contributed by atoms with van der Waals surface area (Å²) in [4.78, 5) is 43.3. The van der Waals surface area contributed by atoms with Gasteiger partial charge in [-0.25, -0.2) is 0 Å². The van der Waals surface area contributed by atoms with Gasteiger partial charge in [0.1, 0.15) is 11.5 Å². The SMILES string of the molecule is CCOc1ccccc1N(CCN1C(=O)c2cccc3cccc(c23)C1=O)C(=O)c1ccc(OC)cc1. The van der Waals surface area contributed by atoms with Crippen molar-refractivity contribution in [2.24, 2.45) is 0 Å². The Hall–Kier alpha value is -4.65. The molecule has 0 fully saturated rings. The van der Waals surface area contributed by atoms with Gasteiger partial charge in [0.2, 0.25) is 0 Å². The normalized spacial score (nSPS) is 12.5. The van der Waals surface area contributed by atoms with Crippen molar-refractivity contribution < 1.29 is 23.9 Å². The van der Waals surface area contributed by atoms with E-state index in [2.05, 4.69) is 0 Å². The fourth-order valence-electron chi connectivity index (χ4n) is 4.66. The maximum Gasteiger partial charge on any atom is 0.261 e. The van der Waals surface area contributed by atoms with Gasteiger partial charge < -0.3 is 14.4 Å². The maximum atomic E-state index is 13.7. The molecule has 0 spiro atoms. The molecular weight excluding hydrogens is 468 g/mol. The minimum atomic E-state index is -0.371. The molecule has 4 aromatic carbocycles. The third-order valence-electron chi connectivity index (χ3n) is 6.44. The smallest absolute Gasteiger partial charge is 0.261 e. The largest absolute Gasteiger partial charge is 0.497 e. The topological polar surface area (TPSA) is 76.2 Å². The molecule has 7 heteroatoms. The first-order valence-electron chi connectivity index (χ1n) is 12.1. The second kappa shape index (κ2) is 10.1. The summed E-state index contributed by atoms with van der Waals surface area (Å²) in [5.74, 6) is 0.149. The molecule has 0 saturated carbocycles. The van der Waals surface area contributed by atoms with E-state index in [9.17, 15) is 14.4 Å². The lowest BCUT2D eigenvalue weighted by molar-refractivity contribution is 0.0611. The van der Waals surface area contributed by atoms with Crippen LogP contribution in [-0.2, 0) is 0 Å². The Morgan fingerprint density at radius 2 is 1.49 bits per heavy atom. The Labute approximate surface area is 214 Å². The molecule has 37 heavy (non-hydrogen) atoms. The first-order valence-corrected chi connectivity index (χ1v) is 12.1. The third kappa shape index (κ3) is 4.40. The highest BCUT2D eigenvalue weighted by atomic mass is 16.5. The highest BCUT2D eigenvalue weighted by molar-refractivity contribution is 6.25. The number of para-hydroxylation sites is 2. The molecule has 0 unspecified atom stereocenters. The van der Waals surface area contributed by atoms with Crippen molar-refractivity contribution in [3.8, 4) is 11.5 Å². The summed E-state index contributed by atoms with van der Waals surface area (Å²) in [7, 11) is 1.56. The molecule has 0 aliphatic carbocycles. The van der Waals surface area contributed by atoms with E-state index in [1.807, 2.05) is 43.3 Å². The van der Waals surface area contributed by atoms with Crippen molar-refractivity contribution in [1.82, 2.24) is 4.90 Å². The van der Waals surface area contributed by atoms with Gasteiger partial charge >= 0.3 is 0 Å². The first-order chi connectivity index (χ1) is 18.0. The van der Waals surface area contributed by atoms with Crippen LogP contribution in [-0.4, -0.2) is 49.4 Å². The number of imide groups is 1. The van der Waals surface area contributed by atoms with Crippen LogP contribution in [0, 0.1) is 0 Å².